The monoisotopic (exact) mass is 395 g/mol. The summed E-state index contributed by atoms with van der Waals surface area (Å²) in [7, 11) is 0. The Morgan fingerprint density at radius 1 is 0.933 bits per heavy atom. The summed E-state index contributed by atoms with van der Waals surface area (Å²) in [4.78, 5) is 22.1. The van der Waals surface area contributed by atoms with Crippen molar-refractivity contribution in [1.29, 1.82) is 0 Å². The molecular weight excluding hydrogens is 374 g/mol. The van der Waals surface area contributed by atoms with Crippen LogP contribution in [0, 0.1) is 6.92 Å². The molecule has 0 saturated carbocycles. The number of para-hydroxylation sites is 2. The topological polar surface area (TPSA) is 64.2 Å². The van der Waals surface area contributed by atoms with Crippen molar-refractivity contribution in [3.05, 3.63) is 106 Å². The Bertz CT molecular complexity index is 1400. The number of fused-ring (bicyclic) bond motifs is 2. The first kappa shape index (κ1) is 18.1. The van der Waals surface area contributed by atoms with E-state index in [2.05, 4.69) is 22.0 Å². The minimum atomic E-state index is -0.0816. The third-order valence-corrected chi connectivity index (χ3v) is 5.13. The van der Waals surface area contributed by atoms with Gasteiger partial charge in [0.1, 0.15) is 5.65 Å². The molecule has 6 heteroatoms. The molecule has 0 saturated heterocycles. The molecule has 3 heterocycles. The van der Waals surface area contributed by atoms with Crippen molar-refractivity contribution in [2.24, 2.45) is 0 Å². The summed E-state index contributed by atoms with van der Waals surface area (Å²) in [5, 5.41) is 3.44. The number of rotatable bonds is 5. The number of hydrogen-bond donors (Lipinski definition) is 1. The molecule has 0 aliphatic heterocycles. The van der Waals surface area contributed by atoms with Gasteiger partial charge in [-0.15, -0.1) is 0 Å². The molecule has 0 amide bonds. The minimum Gasteiger partial charge on any atom is -0.352 e. The SMILES string of the molecule is Cc1ccc2nc(Cn3c(NCc4ccccc4)nc4ccccc43)cc(=O)n2c1. The molecule has 148 valence electrons. The molecule has 5 rings (SSSR count). The maximum Gasteiger partial charge on any atom is 0.258 e. The van der Waals surface area contributed by atoms with E-state index >= 15 is 0 Å². The van der Waals surface area contributed by atoms with Crippen LogP contribution in [0.2, 0.25) is 0 Å². The standard InChI is InChI=1S/C24H21N5O/c1-17-11-12-22-26-19(13-23(30)29(22)15-17)16-28-21-10-6-5-9-20(21)27-24(28)25-14-18-7-3-2-4-8-18/h2-13,15H,14,16H2,1H3,(H,25,27). The lowest BCUT2D eigenvalue weighted by Crippen LogP contribution is -2.17. The van der Waals surface area contributed by atoms with Crippen LogP contribution in [0.15, 0.2) is 83.8 Å². The van der Waals surface area contributed by atoms with Gasteiger partial charge in [0.2, 0.25) is 5.95 Å². The highest BCUT2D eigenvalue weighted by atomic mass is 16.1. The zero-order valence-electron chi connectivity index (χ0n) is 16.6. The molecule has 1 N–H and O–H groups in total. The van der Waals surface area contributed by atoms with E-state index in [4.69, 9.17) is 9.97 Å². The third-order valence-electron chi connectivity index (χ3n) is 5.13. The average Bonchev–Trinajstić information content (AvgIpc) is 3.11. The number of nitrogens with one attached hydrogen (secondary N) is 1. The lowest BCUT2D eigenvalue weighted by molar-refractivity contribution is 0.790. The Morgan fingerprint density at radius 2 is 1.73 bits per heavy atom. The smallest absolute Gasteiger partial charge is 0.258 e. The predicted molar refractivity (Wildman–Crippen MR) is 119 cm³/mol. The van der Waals surface area contributed by atoms with E-state index in [1.165, 1.54) is 5.56 Å². The summed E-state index contributed by atoms with van der Waals surface area (Å²) in [5.41, 5.74) is 5.36. The van der Waals surface area contributed by atoms with Crippen LogP contribution in [0.25, 0.3) is 16.7 Å². The summed E-state index contributed by atoms with van der Waals surface area (Å²) < 4.78 is 3.66. The van der Waals surface area contributed by atoms with Crippen molar-refractivity contribution in [2.45, 2.75) is 20.0 Å². The van der Waals surface area contributed by atoms with Gasteiger partial charge in [0, 0.05) is 18.8 Å². The van der Waals surface area contributed by atoms with Gasteiger partial charge in [0.15, 0.2) is 0 Å². The summed E-state index contributed by atoms with van der Waals surface area (Å²) in [6.45, 7) is 3.08. The minimum absolute atomic E-state index is 0.0816. The van der Waals surface area contributed by atoms with Crippen LogP contribution in [-0.4, -0.2) is 18.9 Å². The second-order valence-corrected chi connectivity index (χ2v) is 7.37. The van der Waals surface area contributed by atoms with E-state index in [1.807, 2.05) is 67.7 Å². The number of anilines is 1. The molecule has 0 bridgehead atoms. The van der Waals surface area contributed by atoms with Crippen LogP contribution >= 0.6 is 0 Å². The van der Waals surface area contributed by atoms with E-state index in [-0.39, 0.29) is 5.56 Å². The lowest BCUT2D eigenvalue weighted by atomic mass is 10.2. The molecule has 3 aromatic heterocycles. The number of pyridine rings is 1. The van der Waals surface area contributed by atoms with Crippen molar-refractivity contribution >= 4 is 22.6 Å². The van der Waals surface area contributed by atoms with E-state index in [1.54, 1.807) is 10.5 Å². The highest BCUT2D eigenvalue weighted by Crippen LogP contribution is 2.21. The zero-order chi connectivity index (χ0) is 20.5. The zero-order valence-corrected chi connectivity index (χ0v) is 16.6. The molecule has 0 unspecified atom stereocenters. The first-order chi connectivity index (χ1) is 14.7. The van der Waals surface area contributed by atoms with Crippen molar-refractivity contribution in [1.82, 2.24) is 18.9 Å². The van der Waals surface area contributed by atoms with Crippen LogP contribution in [0.3, 0.4) is 0 Å². The average molecular weight is 395 g/mol. The quantitative estimate of drug-likeness (QED) is 0.488. The third kappa shape index (κ3) is 3.43. The second kappa shape index (κ2) is 7.48. The van der Waals surface area contributed by atoms with Crippen LogP contribution < -0.4 is 10.9 Å². The molecule has 30 heavy (non-hydrogen) atoms. The lowest BCUT2D eigenvalue weighted by Gasteiger charge is -2.11. The van der Waals surface area contributed by atoms with Gasteiger partial charge in [-0.1, -0.05) is 48.5 Å². The van der Waals surface area contributed by atoms with E-state index in [0.29, 0.717) is 24.4 Å². The van der Waals surface area contributed by atoms with E-state index < -0.39 is 0 Å². The normalized spacial score (nSPS) is 11.2. The van der Waals surface area contributed by atoms with Crippen molar-refractivity contribution in [3.8, 4) is 0 Å². The molecule has 0 fully saturated rings. The van der Waals surface area contributed by atoms with Gasteiger partial charge < -0.3 is 9.88 Å². The fourth-order valence-electron chi connectivity index (χ4n) is 3.65. The summed E-state index contributed by atoms with van der Waals surface area (Å²) >= 11 is 0. The maximum absolute atomic E-state index is 12.6. The van der Waals surface area contributed by atoms with E-state index in [0.717, 1.165) is 22.5 Å². The van der Waals surface area contributed by atoms with Crippen molar-refractivity contribution < 1.29 is 0 Å². The van der Waals surface area contributed by atoms with Gasteiger partial charge in [-0.25, -0.2) is 9.97 Å². The summed E-state index contributed by atoms with van der Waals surface area (Å²) in [5.74, 6) is 0.756. The molecule has 6 nitrogen and oxygen atoms in total. The van der Waals surface area contributed by atoms with Gasteiger partial charge in [0.25, 0.3) is 5.56 Å². The number of nitrogens with zero attached hydrogens (tertiary/aromatic N) is 4. The number of benzene rings is 2. The first-order valence-electron chi connectivity index (χ1n) is 9.89. The van der Waals surface area contributed by atoms with Gasteiger partial charge in [-0.05, 0) is 36.2 Å². The van der Waals surface area contributed by atoms with Gasteiger partial charge in [-0.2, -0.15) is 0 Å². The van der Waals surface area contributed by atoms with Gasteiger partial charge in [0.05, 0.1) is 23.3 Å². The van der Waals surface area contributed by atoms with Crippen molar-refractivity contribution in [3.63, 3.8) is 0 Å². The Hall–Kier alpha value is -3.93. The number of imidazole rings is 1. The Kier molecular flexibility index (Phi) is 4.52. The fraction of sp³-hybridized carbons (Fsp3) is 0.125. The van der Waals surface area contributed by atoms with Crippen LogP contribution in [0.1, 0.15) is 16.8 Å². The van der Waals surface area contributed by atoms with E-state index in [9.17, 15) is 4.79 Å². The molecular formula is C24H21N5O. The first-order valence-corrected chi connectivity index (χ1v) is 9.89. The Labute approximate surface area is 173 Å². The molecule has 0 spiro atoms. The highest BCUT2D eigenvalue weighted by Gasteiger charge is 2.12. The number of aryl methyl sites for hydroxylation is 1. The van der Waals surface area contributed by atoms with Gasteiger partial charge in [-0.3, -0.25) is 9.20 Å². The summed E-state index contributed by atoms with van der Waals surface area (Å²) in [6.07, 6.45) is 1.81. The van der Waals surface area contributed by atoms with Crippen LogP contribution in [0.5, 0.6) is 0 Å². The van der Waals surface area contributed by atoms with Crippen LogP contribution in [-0.2, 0) is 13.1 Å². The number of aromatic nitrogens is 4. The Morgan fingerprint density at radius 3 is 2.60 bits per heavy atom. The molecule has 0 atom stereocenters. The summed E-state index contributed by atoms with van der Waals surface area (Å²) in [6, 6.07) is 23.6. The fourth-order valence-corrected chi connectivity index (χ4v) is 3.65. The largest absolute Gasteiger partial charge is 0.352 e. The molecule has 5 aromatic rings. The molecule has 0 radical (unpaired) electrons. The maximum atomic E-state index is 12.6. The number of hydrogen-bond acceptors (Lipinski definition) is 4. The highest BCUT2D eigenvalue weighted by molar-refractivity contribution is 5.78. The molecule has 2 aromatic carbocycles. The molecule has 0 aliphatic rings. The van der Waals surface area contributed by atoms with Gasteiger partial charge >= 0.3 is 0 Å². The van der Waals surface area contributed by atoms with Crippen LogP contribution in [0.4, 0.5) is 5.95 Å². The Balaban J connectivity index is 1.54. The molecule has 0 aliphatic carbocycles. The second-order valence-electron chi connectivity index (χ2n) is 7.37. The predicted octanol–water partition coefficient (Wildman–Crippen LogP) is 4.01. The van der Waals surface area contributed by atoms with Crippen molar-refractivity contribution in [2.75, 3.05) is 5.32 Å².